The zero-order valence-corrected chi connectivity index (χ0v) is 18.7. The fourth-order valence-corrected chi connectivity index (χ4v) is 4.68. The van der Waals surface area contributed by atoms with Crippen LogP contribution in [0.1, 0.15) is 24.5 Å². The van der Waals surface area contributed by atoms with Crippen molar-refractivity contribution in [2.45, 2.75) is 18.8 Å². The molecule has 4 aromatic rings. The molecule has 0 saturated carbocycles. The molecule has 0 spiro atoms. The molecule has 0 unspecified atom stereocenters. The number of H-pyrrole nitrogens is 1. The number of nitrogens with zero attached hydrogens (tertiary/aromatic N) is 8. The van der Waals surface area contributed by atoms with E-state index in [0.717, 1.165) is 72.8 Å². The highest BCUT2D eigenvalue weighted by Crippen LogP contribution is 2.37. The summed E-state index contributed by atoms with van der Waals surface area (Å²) in [4.78, 5) is 27.1. The van der Waals surface area contributed by atoms with Gasteiger partial charge in [-0.3, -0.25) is 5.10 Å². The minimum atomic E-state index is 0.231. The average Bonchev–Trinajstić information content (AvgIpc) is 3.34. The molecule has 0 amide bonds. The molecule has 11 heteroatoms. The number of aromatic nitrogens is 7. The molecule has 2 aliphatic rings. The molecular weight excluding hydrogens is 432 g/mol. The van der Waals surface area contributed by atoms with E-state index in [9.17, 15) is 0 Å². The van der Waals surface area contributed by atoms with Crippen molar-refractivity contribution < 1.29 is 4.74 Å². The van der Waals surface area contributed by atoms with E-state index in [-0.39, 0.29) is 11.9 Å². The Morgan fingerprint density at radius 2 is 1.79 bits per heavy atom. The molecule has 1 radical (unpaired) electrons. The van der Waals surface area contributed by atoms with Crippen LogP contribution in [0.3, 0.4) is 0 Å². The molecule has 3 N–H and O–H groups in total. The number of nitrogens with one attached hydrogen (secondary N) is 1. The number of pyridine rings is 1. The van der Waals surface area contributed by atoms with E-state index in [2.05, 4.69) is 35.9 Å². The Bertz CT molecular complexity index is 1260. The van der Waals surface area contributed by atoms with Gasteiger partial charge in [-0.25, -0.2) is 19.9 Å². The lowest BCUT2D eigenvalue weighted by atomic mass is 9.91. The Kier molecular flexibility index (Phi) is 5.38. The normalized spacial score (nSPS) is 17.4. The highest BCUT2D eigenvalue weighted by molar-refractivity contribution is 5.93. The maximum atomic E-state index is 5.74. The van der Waals surface area contributed by atoms with Gasteiger partial charge in [0.15, 0.2) is 5.65 Å². The lowest BCUT2D eigenvalue weighted by Crippen LogP contribution is -2.37. The van der Waals surface area contributed by atoms with Crippen molar-refractivity contribution in [2.75, 3.05) is 54.9 Å². The number of ether oxygens (including phenoxy) is 1. The third-order valence-electron chi connectivity index (χ3n) is 6.47. The monoisotopic (exact) mass is 457 g/mol. The van der Waals surface area contributed by atoms with E-state index in [1.54, 1.807) is 18.6 Å². The highest BCUT2D eigenvalue weighted by Gasteiger charge is 2.28. The maximum absolute atomic E-state index is 5.74. The van der Waals surface area contributed by atoms with Gasteiger partial charge in [-0.2, -0.15) is 10.1 Å². The number of morpholine rings is 1. The summed E-state index contributed by atoms with van der Waals surface area (Å²) in [6.07, 6.45) is 7.13. The number of nitrogens with two attached hydrogens (primary N) is 1. The van der Waals surface area contributed by atoms with Crippen LogP contribution in [0, 0.1) is 6.07 Å². The summed E-state index contributed by atoms with van der Waals surface area (Å²) in [7, 11) is 0. The van der Waals surface area contributed by atoms with Crippen molar-refractivity contribution >= 4 is 28.7 Å². The van der Waals surface area contributed by atoms with Gasteiger partial charge in [-0.05, 0) is 31.0 Å². The van der Waals surface area contributed by atoms with Crippen LogP contribution in [-0.2, 0) is 4.74 Å². The fourth-order valence-electron chi connectivity index (χ4n) is 4.68. The van der Waals surface area contributed by atoms with E-state index in [1.165, 1.54) is 0 Å². The molecule has 6 rings (SSSR count). The molecule has 173 valence electrons. The topological polar surface area (TPSA) is 135 Å². The largest absolute Gasteiger partial charge is 0.378 e. The van der Waals surface area contributed by atoms with Gasteiger partial charge in [-0.15, -0.1) is 0 Å². The second kappa shape index (κ2) is 8.82. The zero-order chi connectivity index (χ0) is 22.9. The van der Waals surface area contributed by atoms with Crippen LogP contribution in [0.25, 0.3) is 22.3 Å². The molecule has 2 saturated heterocycles. The van der Waals surface area contributed by atoms with Gasteiger partial charge >= 0.3 is 0 Å². The summed E-state index contributed by atoms with van der Waals surface area (Å²) in [6, 6.07) is 6.87. The van der Waals surface area contributed by atoms with Crippen LogP contribution in [-0.4, -0.2) is 74.5 Å². The molecule has 6 heterocycles. The molecule has 2 aliphatic heterocycles. The smallest absolute Gasteiger partial charge is 0.228 e. The Labute approximate surface area is 196 Å². The number of fused-ring (bicyclic) bond motifs is 1. The Balaban J connectivity index is 1.37. The van der Waals surface area contributed by atoms with E-state index in [4.69, 9.17) is 25.5 Å². The van der Waals surface area contributed by atoms with Crippen LogP contribution in [0.15, 0.2) is 30.7 Å². The van der Waals surface area contributed by atoms with Crippen molar-refractivity contribution in [1.29, 1.82) is 0 Å². The van der Waals surface area contributed by atoms with E-state index < -0.39 is 0 Å². The summed E-state index contributed by atoms with van der Waals surface area (Å²) in [5.41, 5.74) is 9.02. The number of anilines is 3. The van der Waals surface area contributed by atoms with Crippen LogP contribution in [0.5, 0.6) is 0 Å². The van der Waals surface area contributed by atoms with Crippen LogP contribution >= 0.6 is 0 Å². The molecule has 34 heavy (non-hydrogen) atoms. The van der Waals surface area contributed by atoms with Crippen LogP contribution < -0.4 is 15.5 Å². The average molecular weight is 458 g/mol. The molecule has 4 aromatic heterocycles. The summed E-state index contributed by atoms with van der Waals surface area (Å²) in [6.45, 7) is 4.60. The second-order valence-corrected chi connectivity index (χ2v) is 8.51. The summed E-state index contributed by atoms with van der Waals surface area (Å²) >= 11 is 0. The molecule has 0 aliphatic carbocycles. The van der Waals surface area contributed by atoms with Crippen LogP contribution in [0.4, 0.5) is 17.7 Å². The molecule has 0 atom stereocenters. The molecule has 2 fully saturated rings. The van der Waals surface area contributed by atoms with Gasteiger partial charge in [0.1, 0.15) is 5.82 Å². The number of piperidine rings is 1. The molecule has 0 bridgehead atoms. The van der Waals surface area contributed by atoms with Gasteiger partial charge in [-0.1, -0.05) is 0 Å². The summed E-state index contributed by atoms with van der Waals surface area (Å²) in [5.74, 6) is 2.13. The van der Waals surface area contributed by atoms with E-state index >= 15 is 0 Å². The van der Waals surface area contributed by atoms with Crippen LogP contribution in [0.2, 0.25) is 0 Å². The molecule has 0 aromatic carbocycles. The Hall–Kier alpha value is -3.86. The quantitative estimate of drug-likeness (QED) is 0.467. The Morgan fingerprint density at radius 1 is 1.00 bits per heavy atom. The number of aromatic amines is 1. The van der Waals surface area contributed by atoms with E-state index in [0.29, 0.717) is 19.2 Å². The first-order chi connectivity index (χ1) is 16.8. The van der Waals surface area contributed by atoms with Gasteiger partial charge in [0, 0.05) is 56.3 Å². The summed E-state index contributed by atoms with van der Waals surface area (Å²) < 4.78 is 5.50. The molecule has 11 nitrogen and oxygen atoms in total. The number of hydrogen-bond acceptors (Lipinski definition) is 10. The minimum Gasteiger partial charge on any atom is -0.378 e. The van der Waals surface area contributed by atoms with Gasteiger partial charge in [0.25, 0.3) is 0 Å². The number of nitrogen functional groups attached to an aromatic ring is 1. The third kappa shape index (κ3) is 3.87. The molecular formula is C23H25N10O. The fraction of sp³-hybridized carbons (Fsp3) is 0.391. The predicted molar refractivity (Wildman–Crippen MR) is 127 cm³/mol. The lowest BCUT2D eigenvalue weighted by Gasteiger charge is -2.32. The predicted octanol–water partition coefficient (Wildman–Crippen LogP) is 1.81. The summed E-state index contributed by atoms with van der Waals surface area (Å²) in [5, 5.41) is 8.83. The first kappa shape index (κ1) is 20.7. The van der Waals surface area contributed by atoms with Crippen molar-refractivity contribution in [3.05, 3.63) is 42.5 Å². The maximum Gasteiger partial charge on any atom is 0.228 e. The standard InChI is InChI=1S/C23H25N10O/c24-22-26-13-16(14-27-22)19-18-20(15-4-7-32(8-5-15)17-3-1-2-6-25-17)30-31-21(18)29-23(28-19)33-9-11-34-12-10-33/h2-3,6,13-15H,4-5,7-12H2,(H2,24,26,27)(H,28,29,30,31). The minimum absolute atomic E-state index is 0.231. The van der Waals surface area contributed by atoms with Crippen molar-refractivity contribution in [3.63, 3.8) is 0 Å². The number of rotatable bonds is 4. The SMILES string of the molecule is Nc1ncc(-c2nc(N3CCOCC3)nc3[nH]nc(C4CCN(c5c[c]ccn5)CC4)c23)cn1. The van der Waals surface area contributed by atoms with Crippen molar-refractivity contribution in [1.82, 2.24) is 35.1 Å². The van der Waals surface area contributed by atoms with E-state index in [1.807, 2.05) is 12.1 Å². The highest BCUT2D eigenvalue weighted by atomic mass is 16.5. The first-order valence-corrected chi connectivity index (χ1v) is 11.5. The van der Waals surface area contributed by atoms with Gasteiger partial charge in [0.2, 0.25) is 11.9 Å². The van der Waals surface area contributed by atoms with Crippen molar-refractivity contribution in [2.24, 2.45) is 0 Å². The van der Waals surface area contributed by atoms with Crippen molar-refractivity contribution in [3.8, 4) is 11.3 Å². The number of hydrogen-bond donors (Lipinski definition) is 2. The first-order valence-electron chi connectivity index (χ1n) is 11.5. The Morgan fingerprint density at radius 3 is 2.53 bits per heavy atom. The zero-order valence-electron chi connectivity index (χ0n) is 18.7. The second-order valence-electron chi connectivity index (χ2n) is 8.51. The lowest BCUT2D eigenvalue weighted by molar-refractivity contribution is 0.122. The van der Waals surface area contributed by atoms with Gasteiger partial charge in [0.05, 0.1) is 30.0 Å². The third-order valence-corrected chi connectivity index (χ3v) is 6.47. The van der Waals surface area contributed by atoms with Gasteiger partial charge < -0.3 is 20.3 Å².